The Morgan fingerprint density at radius 2 is 1.82 bits per heavy atom. The number of nitro benzene ring substituents is 1. The van der Waals surface area contributed by atoms with Gasteiger partial charge < -0.3 is 5.32 Å². The molecule has 2 aromatic carbocycles. The summed E-state index contributed by atoms with van der Waals surface area (Å²) >= 11 is 1.55. The minimum Gasteiger partial charge on any atom is -0.348 e. The lowest BCUT2D eigenvalue weighted by atomic mass is 10.2. The highest BCUT2D eigenvalue weighted by molar-refractivity contribution is 7.99. The highest BCUT2D eigenvalue weighted by Gasteiger charge is 2.23. The first-order valence-corrected chi connectivity index (χ1v) is 5.88. The number of fused-ring (bicyclic) bond motifs is 2. The van der Waals surface area contributed by atoms with Crippen molar-refractivity contribution in [3.05, 3.63) is 52.6 Å². The largest absolute Gasteiger partial charge is 0.348 e. The van der Waals surface area contributed by atoms with Crippen LogP contribution >= 0.6 is 11.8 Å². The van der Waals surface area contributed by atoms with Crippen molar-refractivity contribution in [3.63, 3.8) is 0 Å². The van der Waals surface area contributed by atoms with Crippen LogP contribution in [0.4, 0.5) is 17.1 Å². The Morgan fingerprint density at radius 1 is 1.06 bits per heavy atom. The van der Waals surface area contributed by atoms with E-state index in [2.05, 4.69) is 5.32 Å². The van der Waals surface area contributed by atoms with Crippen LogP contribution in [0.1, 0.15) is 0 Å². The molecule has 1 aliphatic heterocycles. The van der Waals surface area contributed by atoms with Crippen LogP contribution in [0, 0.1) is 10.1 Å². The molecule has 17 heavy (non-hydrogen) atoms. The van der Waals surface area contributed by atoms with Crippen molar-refractivity contribution < 1.29 is 4.92 Å². The molecule has 0 spiro atoms. The molecule has 0 saturated heterocycles. The van der Waals surface area contributed by atoms with E-state index in [9.17, 15) is 10.1 Å². The minimum atomic E-state index is -0.361. The normalized spacial score (nSPS) is 12.2. The number of nitro groups is 1. The number of hydrogen-bond donors (Lipinski definition) is 1. The third kappa shape index (κ3) is 1.64. The van der Waals surface area contributed by atoms with E-state index in [4.69, 9.17) is 0 Å². The van der Waals surface area contributed by atoms with Gasteiger partial charge in [-0.15, -0.1) is 0 Å². The second-order valence-electron chi connectivity index (χ2n) is 3.63. The van der Waals surface area contributed by atoms with Crippen molar-refractivity contribution in [2.24, 2.45) is 0 Å². The number of para-hydroxylation sites is 2. The Labute approximate surface area is 102 Å². The predicted molar refractivity (Wildman–Crippen MR) is 66.9 cm³/mol. The third-order valence-electron chi connectivity index (χ3n) is 2.57. The Bertz CT molecular complexity index is 613. The Balaban J connectivity index is 2.15. The van der Waals surface area contributed by atoms with Gasteiger partial charge in [0.05, 0.1) is 10.6 Å². The Hall–Kier alpha value is -2.01. The number of benzene rings is 2. The summed E-state index contributed by atoms with van der Waals surface area (Å²) in [6.45, 7) is 0. The number of rotatable bonds is 1. The topological polar surface area (TPSA) is 55.2 Å². The fraction of sp³-hybridized carbons (Fsp3) is 0. The van der Waals surface area contributed by atoms with Crippen molar-refractivity contribution >= 4 is 28.8 Å². The molecule has 0 aromatic heterocycles. The van der Waals surface area contributed by atoms with Gasteiger partial charge in [0.25, 0.3) is 5.69 Å². The molecular formula is C12H8N2O2S. The molecule has 0 unspecified atom stereocenters. The van der Waals surface area contributed by atoms with Crippen molar-refractivity contribution in [1.29, 1.82) is 0 Å². The molecule has 0 aliphatic carbocycles. The number of nitrogens with zero attached hydrogens (tertiary/aromatic N) is 1. The molecule has 0 amide bonds. The lowest BCUT2D eigenvalue weighted by Gasteiger charge is -2.19. The summed E-state index contributed by atoms with van der Waals surface area (Å²) < 4.78 is 0. The average molecular weight is 244 g/mol. The van der Waals surface area contributed by atoms with Gasteiger partial charge in [0.1, 0.15) is 5.69 Å². The van der Waals surface area contributed by atoms with Crippen molar-refractivity contribution in [2.45, 2.75) is 9.79 Å². The van der Waals surface area contributed by atoms with Crippen molar-refractivity contribution in [2.75, 3.05) is 5.32 Å². The van der Waals surface area contributed by atoms with E-state index in [1.165, 1.54) is 6.07 Å². The molecule has 0 bridgehead atoms. The van der Waals surface area contributed by atoms with Gasteiger partial charge in [0.2, 0.25) is 0 Å². The van der Waals surface area contributed by atoms with Crippen LogP contribution in [-0.2, 0) is 0 Å². The Kier molecular flexibility index (Phi) is 2.26. The summed E-state index contributed by atoms with van der Waals surface area (Å²) in [5.74, 6) is 0. The zero-order valence-electron chi connectivity index (χ0n) is 8.71. The van der Waals surface area contributed by atoms with Gasteiger partial charge in [0.15, 0.2) is 0 Å². The molecule has 0 fully saturated rings. The van der Waals surface area contributed by atoms with Crippen LogP contribution in [0.3, 0.4) is 0 Å². The number of hydrogen-bond acceptors (Lipinski definition) is 4. The molecule has 84 valence electrons. The summed E-state index contributed by atoms with van der Waals surface area (Å²) in [6.07, 6.45) is 0. The highest BCUT2D eigenvalue weighted by atomic mass is 32.2. The summed E-state index contributed by atoms with van der Waals surface area (Å²) in [4.78, 5) is 12.6. The molecule has 0 atom stereocenters. The van der Waals surface area contributed by atoms with Crippen LogP contribution < -0.4 is 5.32 Å². The molecule has 1 N–H and O–H groups in total. The quantitative estimate of drug-likeness (QED) is 0.522. The zero-order chi connectivity index (χ0) is 11.8. The summed E-state index contributed by atoms with van der Waals surface area (Å²) in [7, 11) is 0. The van der Waals surface area contributed by atoms with Gasteiger partial charge >= 0.3 is 0 Å². The predicted octanol–water partition coefficient (Wildman–Crippen LogP) is 3.80. The van der Waals surface area contributed by atoms with Crippen LogP contribution in [-0.4, -0.2) is 4.92 Å². The number of anilines is 2. The fourth-order valence-electron chi connectivity index (χ4n) is 1.79. The maximum Gasteiger partial charge on any atom is 0.293 e. The number of nitrogens with one attached hydrogen (secondary N) is 1. The SMILES string of the molecule is O=[N+]([O-])c1cccc2c1Nc1ccccc1S2. The van der Waals surface area contributed by atoms with E-state index in [1.54, 1.807) is 17.8 Å². The monoisotopic (exact) mass is 244 g/mol. The van der Waals surface area contributed by atoms with E-state index in [1.807, 2.05) is 30.3 Å². The van der Waals surface area contributed by atoms with E-state index >= 15 is 0 Å². The van der Waals surface area contributed by atoms with Gasteiger partial charge in [-0.05, 0) is 18.2 Å². The molecule has 2 aromatic rings. The molecular weight excluding hydrogens is 236 g/mol. The maximum absolute atomic E-state index is 10.9. The molecule has 0 radical (unpaired) electrons. The fourth-order valence-corrected chi connectivity index (χ4v) is 2.81. The second kappa shape index (κ2) is 3.78. The summed E-state index contributed by atoms with van der Waals surface area (Å²) in [6, 6.07) is 12.9. The van der Waals surface area contributed by atoms with Gasteiger partial charge in [-0.1, -0.05) is 30.0 Å². The van der Waals surface area contributed by atoms with Crippen LogP contribution in [0.5, 0.6) is 0 Å². The van der Waals surface area contributed by atoms with Crippen LogP contribution in [0.15, 0.2) is 52.3 Å². The van der Waals surface area contributed by atoms with Crippen molar-refractivity contribution in [3.8, 4) is 0 Å². The third-order valence-corrected chi connectivity index (χ3v) is 3.70. The average Bonchev–Trinajstić information content (AvgIpc) is 2.35. The summed E-state index contributed by atoms with van der Waals surface area (Å²) in [5.41, 5.74) is 1.62. The first-order valence-electron chi connectivity index (χ1n) is 5.07. The van der Waals surface area contributed by atoms with Gasteiger partial charge in [-0.2, -0.15) is 0 Å². The van der Waals surface area contributed by atoms with Crippen LogP contribution in [0.2, 0.25) is 0 Å². The highest BCUT2D eigenvalue weighted by Crippen LogP contribution is 2.47. The minimum absolute atomic E-state index is 0.115. The van der Waals surface area contributed by atoms with Crippen molar-refractivity contribution in [1.82, 2.24) is 0 Å². The first kappa shape index (κ1) is 10.2. The lowest BCUT2D eigenvalue weighted by molar-refractivity contribution is -0.384. The molecule has 1 heterocycles. The smallest absolute Gasteiger partial charge is 0.293 e. The maximum atomic E-state index is 10.9. The molecule has 1 aliphatic rings. The molecule has 0 saturated carbocycles. The second-order valence-corrected chi connectivity index (χ2v) is 4.71. The van der Waals surface area contributed by atoms with Gasteiger partial charge in [-0.25, -0.2) is 0 Å². The first-order chi connectivity index (χ1) is 8.25. The molecule has 5 heteroatoms. The molecule has 3 rings (SSSR count). The lowest BCUT2D eigenvalue weighted by Crippen LogP contribution is -2.03. The molecule has 4 nitrogen and oxygen atoms in total. The Morgan fingerprint density at radius 3 is 2.65 bits per heavy atom. The van der Waals surface area contributed by atoms with E-state index in [0.29, 0.717) is 5.69 Å². The van der Waals surface area contributed by atoms with E-state index in [0.717, 1.165) is 15.5 Å². The van der Waals surface area contributed by atoms with E-state index < -0.39 is 0 Å². The van der Waals surface area contributed by atoms with Gasteiger partial charge in [-0.3, -0.25) is 10.1 Å². The standard InChI is InChI=1S/C12H8N2O2S/c15-14(16)9-5-3-7-11-12(9)13-8-4-1-2-6-10(8)17-11/h1-7,13H. The van der Waals surface area contributed by atoms with Crippen LogP contribution in [0.25, 0.3) is 0 Å². The van der Waals surface area contributed by atoms with E-state index in [-0.39, 0.29) is 10.6 Å². The zero-order valence-corrected chi connectivity index (χ0v) is 9.53. The summed E-state index contributed by atoms with van der Waals surface area (Å²) in [5, 5.41) is 14.1. The van der Waals surface area contributed by atoms with Gasteiger partial charge in [0, 0.05) is 15.9 Å².